The maximum absolute atomic E-state index is 8.79. The molecule has 2 rings (SSSR count). The first-order chi connectivity index (χ1) is 6.33. The molecule has 1 heterocycles. The zero-order valence-electron chi connectivity index (χ0n) is 7.57. The van der Waals surface area contributed by atoms with Crippen LogP contribution in [0.5, 0.6) is 0 Å². The molecule has 0 aromatic heterocycles. The van der Waals surface area contributed by atoms with Gasteiger partial charge in [0.15, 0.2) is 0 Å². The summed E-state index contributed by atoms with van der Waals surface area (Å²) in [6, 6.07) is 7.98. The molecule has 0 atom stereocenters. The predicted octanol–water partition coefficient (Wildman–Crippen LogP) is 1.70. The summed E-state index contributed by atoms with van der Waals surface area (Å²) in [4.78, 5) is 2.17. The second-order valence-corrected chi connectivity index (χ2v) is 3.24. The van der Waals surface area contributed by atoms with Crippen molar-refractivity contribution in [1.29, 1.82) is 0 Å². The van der Waals surface area contributed by atoms with Crippen LogP contribution in [0, 0.1) is 0 Å². The Morgan fingerprint density at radius 1 is 1.38 bits per heavy atom. The molecule has 0 radical (unpaired) electrons. The molecule has 1 aromatic rings. The lowest BCUT2D eigenvalue weighted by Gasteiger charge is -2.27. The van der Waals surface area contributed by atoms with Gasteiger partial charge in [-0.15, -0.1) is 0 Å². The molecule has 13 heavy (non-hydrogen) atoms. The van der Waals surface area contributed by atoms with E-state index in [-0.39, 0.29) is 0 Å². The highest BCUT2D eigenvalue weighted by molar-refractivity contribution is 6.06. The number of nitrogens with zero attached hydrogens (tertiary/aromatic N) is 2. The van der Waals surface area contributed by atoms with Crippen LogP contribution in [-0.4, -0.2) is 24.5 Å². The minimum absolute atomic E-state index is 0.786. The summed E-state index contributed by atoms with van der Waals surface area (Å²) < 4.78 is 0. The molecule has 0 fully saturated rings. The van der Waals surface area contributed by atoms with E-state index >= 15 is 0 Å². The lowest BCUT2D eigenvalue weighted by molar-refractivity contribution is 0.318. The molecule has 0 unspecified atom stereocenters. The number of hydrogen-bond donors (Lipinski definition) is 1. The van der Waals surface area contributed by atoms with E-state index in [2.05, 4.69) is 10.1 Å². The van der Waals surface area contributed by atoms with Gasteiger partial charge in [0.25, 0.3) is 0 Å². The smallest absolute Gasteiger partial charge is 0.0906 e. The molecule has 68 valence electrons. The van der Waals surface area contributed by atoms with Gasteiger partial charge in [0, 0.05) is 31.3 Å². The quantitative estimate of drug-likeness (QED) is 0.482. The molecule has 0 spiro atoms. The molecule has 3 heteroatoms. The summed E-state index contributed by atoms with van der Waals surface area (Å²) in [6.07, 6.45) is 0.810. The lowest BCUT2D eigenvalue weighted by Crippen LogP contribution is -2.28. The zero-order chi connectivity index (χ0) is 9.26. The SMILES string of the molecule is CN1CCC(=NO)c2ccccc21. The summed E-state index contributed by atoms with van der Waals surface area (Å²) in [5.74, 6) is 0. The Morgan fingerprint density at radius 3 is 2.92 bits per heavy atom. The topological polar surface area (TPSA) is 35.8 Å². The number of fused-ring (bicyclic) bond motifs is 1. The Morgan fingerprint density at radius 2 is 2.15 bits per heavy atom. The molecule has 0 bridgehead atoms. The van der Waals surface area contributed by atoms with Crippen LogP contribution in [0.1, 0.15) is 12.0 Å². The van der Waals surface area contributed by atoms with E-state index in [1.54, 1.807) is 0 Å². The molecule has 0 amide bonds. The minimum atomic E-state index is 0.786. The van der Waals surface area contributed by atoms with E-state index < -0.39 is 0 Å². The van der Waals surface area contributed by atoms with Gasteiger partial charge in [0.2, 0.25) is 0 Å². The Labute approximate surface area is 77.3 Å². The van der Waals surface area contributed by atoms with Crippen LogP contribution in [0.3, 0.4) is 0 Å². The highest BCUT2D eigenvalue weighted by atomic mass is 16.4. The number of para-hydroxylation sites is 1. The van der Waals surface area contributed by atoms with E-state index in [4.69, 9.17) is 5.21 Å². The summed E-state index contributed by atoms with van der Waals surface area (Å²) in [6.45, 7) is 0.913. The van der Waals surface area contributed by atoms with Gasteiger partial charge >= 0.3 is 0 Å². The number of benzene rings is 1. The lowest BCUT2D eigenvalue weighted by atomic mass is 10.0. The standard InChI is InChI=1S/C10H12N2O/c1-12-7-6-9(11-13)8-4-2-3-5-10(8)12/h2-5,13H,6-7H2,1H3. The van der Waals surface area contributed by atoms with Crippen molar-refractivity contribution in [1.82, 2.24) is 0 Å². The summed E-state index contributed by atoms with van der Waals surface area (Å²) >= 11 is 0. The largest absolute Gasteiger partial charge is 0.411 e. The summed E-state index contributed by atoms with van der Waals surface area (Å²) in [5, 5.41) is 12.1. The number of hydrogen-bond acceptors (Lipinski definition) is 3. The van der Waals surface area contributed by atoms with E-state index in [0.717, 1.165) is 29.9 Å². The molecule has 0 saturated carbocycles. The van der Waals surface area contributed by atoms with Gasteiger partial charge in [-0.2, -0.15) is 0 Å². The predicted molar refractivity (Wildman–Crippen MR) is 52.7 cm³/mol. The molecule has 1 aromatic carbocycles. The van der Waals surface area contributed by atoms with Crippen molar-refractivity contribution < 1.29 is 5.21 Å². The van der Waals surface area contributed by atoms with E-state index in [1.807, 2.05) is 31.3 Å². The first-order valence-electron chi connectivity index (χ1n) is 4.34. The molecular formula is C10H12N2O. The maximum atomic E-state index is 8.79. The monoisotopic (exact) mass is 176 g/mol. The average Bonchev–Trinajstić information content (AvgIpc) is 2.19. The molecular weight excluding hydrogens is 164 g/mol. The first-order valence-corrected chi connectivity index (χ1v) is 4.34. The molecule has 0 saturated heterocycles. The Balaban J connectivity index is 2.54. The number of anilines is 1. The third-order valence-corrected chi connectivity index (χ3v) is 2.43. The highest BCUT2D eigenvalue weighted by Crippen LogP contribution is 2.25. The maximum Gasteiger partial charge on any atom is 0.0906 e. The van der Waals surface area contributed by atoms with Crippen LogP contribution >= 0.6 is 0 Å². The van der Waals surface area contributed by atoms with E-state index in [1.165, 1.54) is 0 Å². The van der Waals surface area contributed by atoms with Gasteiger partial charge in [-0.1, -0.05) is 23.4 Å². The van der Waals surface area contributed by atoms with Crippen LogP contribution < -0.4 is 4.90 Å². The van der Waals surface area contributed by atoms with Crippen LogP contribution in [0.2, 0.25) is 0 Å². The minimum Gasteiger partial charge on any atom is -0.411 e. The normalized spacial score (nSPS) is 18.8. The van der Waals surface area contributed by atoms with Crippen molar-refractivity contribution in [2.45, 2.75) is 6.42 Å². The van der Waals surface area contributed by atoms with Crippen molar-refractivity contribution in [2.24, 2.45) is 5.16 Å². The fourth-order valence-electron chi connectivity index (χ4n) is 1.68. The van der Waals surface area contributed by atoms with Gasteiger partial charge in [0.1, 0.15) is 0 Å². The van der Waals surface area contributed by atoms with Crippen LogP contribution in [0.25, 0.3) is 0 Å². The zero-order valence-corrected chi connectivity index (χ0v) is 7.57. The van der Waals surface area contributed by atoms with Crippen molar-refractivity contribution in [2.75, 3.05) is 18.5 Å². The Kier molecular flexibility index (Phi) is 1.93. The van der Waals surface area contributed by atoms with Crippen molar-refractivity contribution in [3.63, 3.8) is 0 Å². The summed E-state index contributed by atoms with van der Waals surface area (Å²) in [7, 11) is 2.05. The Hall–Kier alpha value is -1.51. The van der Waals surface area contributed by atoms with Gasteiger partial charge in [-0.05, 0) is 6.07 Å². The average molecular weight is 176 g/mol. The van der Waals surface area contributed by atoms with Crippen molar-refractivity contribution in [3.8, 4) is 0 Å². The number of oxime groups is 1. The molecule has 1 aliphatic heterocycles. The van der Waals surface area contributed by atoms with Crippen molar-refractivity contribution in [3.05, 3.63) is 29.8 Å². The summed E-state index contributed by atoms with van der Waals surface area (Å²) in [5.41, 5.74) is 2.97. The van der Waals surface area contributed by atoms with Crippen LogP contribution in [0.15, 0.2) is 29.4 Å². The van der Waals surface area contributed by atoms with Gasteiger partial charge in [0.05, 0.1) is 5.71 Å². The second kappa shape index (κ2) is 3.09. The highest BCUT2D eigenvalue weighted by Gasteiger charge is 2.18. The molecule has 3 nitrogen and oxygen atoms in total. The second-order valence-electron chi connectivity index (χ2n) is 3.24. The van der Waals surface area contributed by atoms with Crippen LogP contribution in [0.4, 0.5) is 5.69 Å². The number of rotatable bonds is 0. The Bertz CT molecular complexity index is 347. The fraction of sp³-hybridized carbons (Fsp3) is 0.300. The van der Waals surface area contributed by atoms with E-state index in [9.17, 15) is 0 Å². The fourth-order valence-corrected chi connectivity index (χ4v) is 1.68. The molecule has 0 aliphatic carbocycles. The molecule has 1 aliphatic rings. The van der Waals surface area contributed by atoms with Gasteiger partial charge in [-0.3, -0.25) is 0 Å². The first kappa shape index (κ1) is 8.10. The van der Waals surface area contributed by atoms with Crippen molar-refractivity contribution >= 4 is 11.4 Å². The third-order valence-electron chi connectivity index (χ3n) is 2.43. The van der Waals surface area contributed by atoms with Crippen LogP contribution in [-0.2, 0) is 0 Å². The molecule has 1 N–H and O–H groups in total. The van der Waals surface area contributed by atoms with Gasteiger partial charge < -0.3 is 10.1 Å². The van der Waals surface area contributed by atoms with E-state index in [0.29, 0.717) is 0 Å². The van der Waals surface area contributed by atoms with Gasteiger partial charge in [-0.25, -0.2) is 0 Å². The third kappa shape index (κ3) is 1.26.